The molecular formula is C49H34N2S. The summed E-state index contributed by atoms with van der Waals surface area (Å²) in [7, 11) is 0. The molecule has 3 heterocycles. The molecule has 0 amide bonds. The lowest BCUT2D eigenvalue weighted by molar-refractivity contribution is 1.16. The number of benzene rings is 7. The highest BCUT2D eigenvalue weighted by Crippen LogP contribution is 2.40. The second-order valence-electron chi connectivity index (χ2n) is 13.3. The minimum atomic E-state index is 1.12. The van der Waals surface area contributed by atoms with Gasteiger partial charge in [0, 0.05) is 53.1 Å². The van der Waals surface area contributed by atoms with Crippen LogP contribution in [0.5, 0.6) is 0 Å². The number of rotatable bonds is 6. The van der Waals surface area contributed by atoms with E-state index in [1.807, 2.05) is 17.4 Å². The molecule has 0 unspecified atom stereocenters. The van der Waals surface area contributed by atoms with Gasteiger partial charge in [0.2, 0.25) is 0 Å². The molecule has 52 heavy (non-hydrogen) atoms. The minimum absolute atomic E-state index is 1.12. The predicted molar refractivity (Wildman–Crippen MR) is 226 cm³/mol. The Morgan fingerprint density at radius 2 is 1.06 bits per heavy atom. The fourth-order valence-corrected chi connectivity index (χ4v) is 9.36. The van der Waals surface area contributed by atoms with Crippen LogP contribution in [-0.2, 0) is 0 Å². The highest BCUT2D eigenvalue weighted by molar-refractivity contribution is 7.26. The van der Waals surface area contributed by atoms with Gasteiger partial charge in [-0.1, -0.05) is 122 Å². The second-order valence-corrected chi connectivity index (χ2v) is 14.4. The first-order valence-electron chi connectivity index (χ1n) is 17.8. The molecule has 2 nitrogen and oxygen atoms in total. The third-order valence-corrected chi connectivity index (χ3v) is 11.7. The third kappa shape index (κ3) is 4.63. The number of hydrogen-bond acceptors (Lipinski definition) is 1. The van der Waals surface area contributed by atoms with E-state index < -0.39 is 0 Å². The fourth-order valence-electron chi connectivity index (χ4n) is 8.13. The molecule has 0 spiro atoms. The van der Waals surface area contributed by atoms with Gasteiger partial charge in [0.1, 0.15) is 0 Å². The van der Waals surface area contributed by atoms with Crippen molar-refractivity contribution >= 4 is 86.3 Å². The van der Waals surface area contributed by atoms with Crippen LogP contribution in [0.3, 0.4) is 0 Å². The molecular weight excluding hydrogens is 649 g/mol. The Morgan fingerprint density at radius 3 is 1.73 bits per heavy atom. The van der Waals surface area contributed by atoms with Crippen LogP contribution in [0.4, 0.5) is 0 Å². The lowest BCUT2D eigenvalue weighted by atomic mass is 9.97. The zero-order valence-electron chi connectivity index (χ0n) is 28.8. The SMILES string of the molecule is C=C/C(=C\C(=C/C)c1cccc(-n2c3ccccc3c3cc(-n4c5ccccc5c5ccccc54)ccc32)c1)c1cccc2c1sc1ccccc12. The van der Waals surface area contributed by atoms with Crippen molar-refractivity contribution in [2.24, 2.45) is 0 Å². The van der Waals surface area contributed by atoms with Gasteiger partial charge in [-0.25, -0.2) is 0 Å². The Morgan fingerprint density at radius 1 is 0.500 bits per heavy atom. The largest absolute Gasteiger partial charge is 0.309 e. The maximum Gasteiger partial charge on any atom is 0.0542 e. The number of allylic oxidation sites excluding steroid dienone is 5. The van der Waals surface area contributed by atoms with Crippen LogP contribution in [0.2, 0.25) is 0 Å². The Balaban J connectivity index is 1.11. The number of hydrogen-bond donors (Lipinski definition) is 0. The topological polar surface area (TPSA) is 9.86 Å². The molecule has 10 aromatic rings. The molecule has 0 aliphatic carbocycles. The quantitative estimate of drug-likeness (QED) is 0.155. The van der Waals surface area contributed by atoms with E-state index in [0.29, 0.717) is 0 Å². The number of para-hydroxylation sites is 3. The molecule has 7 aromatic carbocycles. The minimum Gasteiger partial charge on any atom is -0.309 e. The Kier molecular flexibility index (Phi) is 7.09. The fraction of sp³-hybridized carbons (Fsp3) is 0.0204. The van der Waals surface area contributed by atoms with Crippen molar-refractivity contribution < 1.29 is 0 Å². The van der Waals surface area contributed by atoms with Crippen LogP contribution in [0.25, 0.3) is 86.3 Å². The van der Waals surface area contributed by atoms with Crippen molar-refractivity contribution in [3.63, 3.8) is 0 Å². The molecule has 3 aromatic heterocycles. The molecule has 0 N–H and O–H groups in total. The monoisotopic (exact) mass is 682 g/mol. The van der Waals surface area contributed by atoms with Crippen LogP contribution in [0.15, 0.2) is 183 Å². The maximum absolute atomic E-state index is 4.27. The normalized spacial score (nSPS) is 12.6. The first-order chi connectivity index (χ1) is 25.7. The molecule has 0 bridgehead atoms. The zero-order valence-corrected chi connectivity index (χ0v) is 29.6. The van der Waals surface area contributed by atoms with Crippen molar-refractivity contribution in [2.75, 3.05) is 0 Å². The van der Waals surface area contributed by atoms with E-state index in [4.69, 9.17) is 0 Å². The van der Waals surface area contributed by atoms with Gasteiger partial charge in [-0.15, -0.1) is 11.3 Å². The highest BCUT2D eigenvalue weighted by atomic mass is 32.1. The second kappa shape index (κ2) is 12.1. The van der Waals surface area contributed by atoms with Gasteiger partial charge in [-0.3, -0.25) is 0 Å². The highest BCUT2D eigenvalue weighted by Gasteiger charge is 2.17. The molecule has 0 atom stereocenters. The summed E-state index contributed by atoms with van der Waals surface area (Å²) in [6.07, 6.45) is 6.49. The summed E-state index contributed by atoms with van der Waals surface area (Å²) >= 11 is 1.85. The van der Waals surface area contributed by atoms with Crippen molar-refractivity contribution in [1.82, 2.24) is 9.13 Å². The number of fused-ring (bicyclic) bond motifs is 9. The Bertz CT molecular complexity index is 3050. The smallest absolute Gasteiger partial charge is 0.0542 e. The van der Waals surface area contributed by atoms with E-state index in [-0.39, 0.29) is 0 Å². The average molecular weight is 683 g/mol. The molecule has 0 aliphatic heterocycles. The maximum atomic E-state index is 4.27. The van der Waals surface area contributed by atoms with Gasteiger partial charge in [-0.05, 0) is 89.9 Å². The van der Waals surface area contributed by atoms with Crippen LogP contribution in [0.1, 0.15) is 18.1 Å². The van der Waals surface area contributed by atoms with Crippen LogP contribution < -0.4 is 0 Å². The first-order valence-corrected chi connectivity index (χ1v) is 18.6. The van der Waals surface area contributed by atoms with E-state index in [2.05, 4.69) is 193 Å². The standard InChI is InChI=1S/C49H34N2S/c1-3-32(29-33(4-2)37-21-14-22-42-41-20-8-12-26-48(41)52-49(37)42)34-15-13-16-35(30-34)50-46-25-11-7-19-40(46)43-31-36(27-28-47(43)50)51-44-23-9-5-17-38(44)39-18-6-10-24-45(39)51/h3-31H,2H2,1H3/b32-3+,33-29+. The summed E-state index contributed by atoms with van der Waals surface area (Å²) in [4.78, 5) is 0. The molecule has 246 valence electrons. The summed E-state index contributed by atoms with van der Waals surface area (Å²) in [5.74, 6) is 0. The average Bonchev–Trinajstić information content (AvgIpc) is 3.86. The van der Waals surface area contributed by atoms with Crippen LogP contribution in [0, 0.1) is 0 Å². The first kappa shape index (κ1) is 30.4. The lowest BCUT2D eigenvalue weighted by Crippen LogP contribution is -1.96. The summed E-state index contributed by atoms with van der Waals surface area (Å²) in [5.41, 5.74) is 11.7. The summed E-state index contributed by atoms with van der Waals surface area (Å²) < 4.78 is 7.41. The van der Waals surface area contributed by atoms with Crippen LogP contribution in [-0.4, -0.2) is 9.13 Å². The van der Waals surface area contributed by atoms with E-state index >= 15 is 0 Å². The van der Waals surface area contributed by atoms with Crippen LogP contribution >= 0.6 is 11.3 Å². The molecule has 0 aliphatic rings. The number of nitrogens with zero attached hydrogens (tertiary/aromatic N) is 2. The van der Waals surface area contributed by atoms with Gasteiger partial charge in [0.25, 0.3) is 0 Å². The van der Waals surface area contributed by atoms with Gasteiger partial charge in [0.05, 0.1) is 22.1 Å². The van der Waals surface area contributed by atoms with Crippen molar-refractivity contribution in [1.29, 1.82) is 0 Å². The van der Waals surface area contributed by atoms with E-state index in [9.17, 15) is 0 Å². The molecule has 0 saturated heterocycles. The van der Waals surface area contributed by atoms with Gasteiger partial charge in [-0.2, -0.15) is 0 Å². The van der Waals surface area contributed by atoms with Gasteiger partial charge < -0.3 is 9.13 Å². The van der Waals surface area contributed by atoms with Gasteiger partial charge >= 0.3 is 0 Å². The zero-order chi connectivity index (χ0) is 34.8. The Hall–Kier alpha value is -6.42. The Labute approximate surface area is 306 Å². The van der Waals surface area contributed by atoms with E-state index in [1.165, 1.54) is 69.3 Å². The third-order valence-electron chi connectivity index (χ3n) is 10.5. The summed E-state index contributed by atoms with van der Waals surface area (Å²) in [5, 5.41) is 7.61. The summed E-state index contributed by atoms with van der Waals surface area (Å²) in [6, 6.07) is 57.3. The lowest BCUT2D eigenvalue weighted by Gasteiger charge is -2.13. The van der Waals surface area contributed by atoms with E-state index in [0.717, 1.165) is 28.1 Å². The number of aromatic nitrogens is 2. The molecule has 0 saturated carbocycles. The van der Waals surface area contributed by atoms with Crippen molar-refractivity contribution in [3.8, 4) is 11.4 Å². The molecule has 0 radical (unpaired) electrons. The van der Waals surface area contributed by atoms with Crippen molar-refractivity contribution in [3.05, 3.63) is 194 Å². The van der Waals surface area contributed by atoms with Crippen molar-refractivity contribution in [2.45, 2.75) is 6.92 Å². The van der Waals surface area contributed by atoms with E-state index in [1.54, 1.807) is 0 Å². The predicted octanol–water partition coefficient (Wildman–Crippen LogP) is 13.9. The molecule has 10 rings (SSSR count). The molecule has 0 fully saturated rings. The number of thiophene rings is 1. The van der Waals surface area contributed by atoms with Gasteiger partial charge in [0.15, 0.2) is 0 Å². The summed E-state index contributed by atoms with van der Waals surface area (Å²) in [6.45, 7) is 6.39. The molecule has 3 heteroatoms.